The SMILES string of the molecule is CNC(CC1CN(C)CCN1C)c1cccc(C)c1C. The highest BCUT2D eigenvalue weighted by Crippen LogP contribution is 2.26. The molecule has 1 saturated heterocycles. The molecule has 112 valence electrons. The van der Waals surface area contributed by atoms with E-state index in [1.807, 2.05) is 0 Å². The van der Waals surface area contributed by atoms with Crippen molar-refractivity contribution in [1.29, 1.82) is 0 Å². The number of likely N-dealkylation sites (N-methyl/N-ethyl adjacent to an activating group) is 2. The number of nitrogens with one attached hydrogen (secondary N) is 1. The number of hydrogen-bond acceptors (Lipinski definition) is 3. The summed E-state index contributed by atoms with van der Waals surface area (Å²) in [5.74, 6) is 0. The number of hydrogen-bond donors (Lipinski definition) is 1. The maximum absolute atomic E-state index is 3.52. The molecule has 1 aromatic rings. The Labute approximate surface area is 124 Å². The van der Waals surface area contributed by atoms with E-state index in [9.17, 15) is 0 Å². The van der Waals surface area contributed by atoms with Gasteiger partial charge >= 0.3 is 0 Å². The Balaban J connectivity index is 2.14. The molecule has 2 atom stereocenters. The first-order chi connectivity index (χ1) is 9.52. The van der Waals surface area contributed by atoms with Crippen molar-refractivity contribution in [1.82, 2.24) is 15.1 Å². The molecule has 0 bridgehead atoms. The van der Waals surface area contributed by atoms with Gasteiger partial charge in [-0.15, -0.1) is 0 Å². The van der Waals surface area contributed by atoms with E-state index in [4.69, 9.17) is 0 Å². The van der Waals surface area contributed by atoms with Gasteiger partial charge in [-0.3, -0.25) is 0 Å². The van der Waals surface area contributed by atoms with Gasteiger partial charge < -0.3 is 15.1 Å². The molecule has 1 fully saturated rings. The Morgan fingerprint density at radius 2 is 2.00 bits per heavy atom. The molecule has 20 heavy (non-hydrogen) atoms. The fourth-order valence-corrected chi connectivity index (χ4v) is 3.18. The summed E-state index contributed by atoms with van der Waals surface area (Å²) in [6.45, 7) is 7.96. The summed E-state index contributed by atoms with van der Waals surface area (Å²) >= 11 is 0. The van der Waals surface area contributed by atoms with Gasteiger partial charge in [-0.1, -0.05) is 18.2 Å². The number of rotatable bonds is 4. The zero-order valence-electron chi connectivity index (χ0n) is 13.6. The summed E-state index contributed by atoms with van der Waals surface area (Å²) in [6, 6.07) is 7.72. The lowest BCUT2D eigenvalue weighted by molar-refractivity contribution is 0.102. The lowest BCUT2D eigenvalue weighted by atomic mass is 9.92. The summed E-state index contributed by atoms with van der Waals surface area (Å²) in [5.41, 5.74) is 4.27. The minimum Gasteiger partial charge on any atom is -0.313 e. The topological polar surface area (TPSA) is 18.5 Å². The second-order valence-electron chi connectivity index (χ2n) is 6.26. The smallest absolute Gasteiger partial charge is 0.0335 e. The van der Waals surface area contributed by atoms with Gasteiger partial charge in [0.2, 0.25) is 0 Å². The predicted octanol–water partition coefficient (Wildman–Crippen LogP) is 2.20. The van der Waals surface area contributed by atoms with Gasteiger partial charge in [0.05, 0.1) is 0 Å². The highest BCUT2D eigenvalue weighted by Gasteiger charge is 2.26. The molecule has 0 aromatic heterocycles. The third kappa shape index (κ3) is 3.40. The van der Waals surface area contributed by atoms with Crippen molar-refractivity contribution in [2.75, 3.05) is 40.8 Å². The zero-order valence-corrected chi connectivity index (χ0v) is 13.6. The zero-order chi connectivity index (χ0) is 14.7. The van der Waals surface area contributed by atoms with Crippen LogP contribution in [0.15, 0.2) is 18.2 Å². The quantitative estimate of drug-likeness (QED) is 0.909. The Morgan fingerprint density at radius 3 is 2.70 bits per heavy atom. The first kappa shape index (κ1) is 15.5. The maximum Gasteiger partial charge on any atom is 0.0335 e. The minimum atomic E-state index is 0.439. The molecule has 0 spiro atoms. The van der Waals surface area contributed by atoms with Crippen molar-refractivity contribution in [2.24, 2.45) is 0 Å². The van der Waals surface area contributed by atoms with Crippen LogP contribution in [0.2, 0.25) is 0 Å². The molecule has 0 saturated carbocycles. The molecule has 0 amide bonds. The van der Waals surface area contributed by atoms with Crippen LogP contribution in [0.5, 0.6) is 0 Å². The molecule has 3 heteroatoms. The summed E-state index contributed by atoms with van der Waals surface area (Å²) in [4.78, 5) is 4.95. The van der Waals surface area contributed by atoms with E-state index < -0.39 is 0 Å². The van der Waals surface area contributed by atoms with E-state index in [-0.39, 0.29) is 0 Å². The van der Waals surface area contributed by atoms with Gasteiger partial charge in [0.15, 0.2) is 0 Å². The Kier molecular flexibility index (Phi) is 5.19. The lowest BCUT2D eigenvalue weighted by Crippen LogP contribution is -2.50. The van der Waals surface area contributed by atoms with Gasteiger partial charge in [0, 0.05) is 31.7 Å². The molecule has 3 nitrogen and oxygen atoms in total. The van der Waals surface area contributed by atoms with Crippen molar-refractivity contribution >= 4 is 0 Å². The molecule has 1 aliphatic rings. The van der Waals surface area contributed by atoms with Crippen LogP contribution in [0.3, 0.4) is 0 Å². The van der Waals surface area contributed by atoms with Crippen LogP contribution in [-0.4, -0.2) is 56.6 Å². The van der Waals surface area contributed by atoms with Crippen molar-refractivity contribution in [3.05, 3.63) is 34.9 Å². The van der Waals surface area contributed by atoms with Crippen LogP contribution >= 0.6 is 0 Å². The molecule has 0 aliphatic carbocycles. The number of piperazine rings is 1. The average molecular weight is 275 g/mol. The standard InChI is InChI=1S/C17H29N3/c1-13-7-6-8-16(14(13)2)17(18-3)11-15-12-19(4)9-10-20(15)5/h6-8,15,17-18H,9-12H2,1-5H3. The second kappa shape index (κ2) is 6.70. The molecule has 1 aromatic carbocycles. The third-order valence-electron chi connectivity index (χ3n) is 4.86. The highest BCUT2D eigenvalue weighted by atomic mass is 15.3. The second-order valence-corrected chi connectivity index (χ2v) is 6.26. The van der Waals surface area contributed by atoms with Crippen molar-refractivity contribution in [3.8, 4) is 0 Å². The van der Waals surface area contributed by atoms with Crippen LogP contribution in [0.1, 0.15) is 29.2 Å². The van der Waals surface area contributed by atoms with Crippen LogP contribution in [-0.2, 0) is 0 Å². The van der Waals surface area contributed by atoms with E-state index in [0.717, 1.165) is 0 Å². The summed E-state index contributed by atoms with van der Waals surface area (Å²) in [7, 11) is 6.57. The average Bonchev–Trinajstić information content (AvgIpc) is 2.43. The Bertz CT molecular complexity index is 444. The summed E-state index contributed by atoms with van der Waals surface area (Å²) in [5, 5.41) is 3.52. The number of aryl methyl sites for hydroxylation is 1. The van der Waals surface area contributed by atoms with Crippen molar-refractivity contribution < 1.29 is 0 Å². The van der Waals surface area contributed by atoms with Crippen LogP contribution in [0.4, 0.5) is 0 Å². The molecule has 0 radical (unpaired) electrons. The fraction of sp³-hybridized carbons (Fsp3) is 0.647. The Hall–Kier alpha value is -0.900. The van der Waals surface area contributed by atoms with Crippen LogP contribution in [0.25, 0.3) is 0 Å². The van der Waals surface area contributed by atoms with E-state index >= 15 is 0 Å². The predicted molar refractivity (Wildman–Crippen MR) is 86.2 cm³/mol. The summed E-state index contributed by atoms with van der Waals surface area (Å²) in [6.07, 6.45) is 1.17. The molecule has 1 N–H and O–H groups in total. The van der Waals surface area contributed by atoms with E-state index in [0.29, 0.717) is 12.1 Å². The van der Waals surface area contributed by atoms with Crippen molar-refractivity contribution in [2.45, 2.75) is 32.4 Å². The minimum absolute atomic E-state index is 0.439. The van der Waals surface area contributed by atoms with E-state index in [1.165, 1.54) is 42.7 Å². The molecule has 1 aliphatic heterocycles. The maximum atomic E-state index is 3.52. The lowest BCUT2D eigenvalue weighted by Gasteiger charge is -2.39. The highest BCUT2D eigenvalue weighted by molar-refractivity contribution is 5.35. The molecule has 2 rings (SSSR count). The fourth-order valence-electron chi connectivity index (χ4n) is 3.18. The molecular formula is C17H29N3. The summed E-state index contributed by atoms with van der Waals surface area (Å²) < 4.78 is 0. The Morgan fingerprint density at radius 1 is 1.25 bits per heavy atom. The number of benzene rings is 1. The molecule has 1 heterocycles. The van der Waals surface area contributed by atoms with Gasteiger partial charge in [-0.25, -0.2) is 0 Å². The largest absolute Gasteiger partial charge is 0.313 e. The van der Waals surface area contributed by atoms with Crippen molar-refractivity contribution in [3.63, 3.8) is 0 Å². The first-order valence-corrected chi connectivity index (χ1v) is 7.65. The molecular weight excluding hydrogens is 246 g/mol. The molecule has 2 unspecified atom stereocenters. The normalized spacial score (nSPS) is 22.9. The first-order valence-electron chi connectivity index (χ1n) is 7.65. The van der Waals surface area contributed by atoms with Gasteiger partial charge in [0.1, 0.15) is 0 Å². The third-order valence-corrected chi connectivity index (χ3v) is 4.86. The number of nitrogens with zero attached hydrogens (tertiary/aromatic N) is 2. The van der Waals surface area contributed by atoms with Crippen LogP contribution in [0, 0.1) is 13.8 Å². The monoisotopic (exact) mass is 275 g/mol. The van der Waals surface area contributed by atoms with Gasteiger partial charge in [-0.2, -0.15) is 0 Å². The van der Waals surface area contributed by atoms with E-state index in [1.54, 1.807) is 0 Å². The van der Waals surface area contributed by atoms with E-state index in [2.05, 4.69) is 68.3 Å². The van der Waals surface area contributed by atoms with Gasteiger partial charge in [-0.05, 0) is 58.1 Å². The van der Waals surface area contributed by atoms with Gasteiger partial charge in [0.25, 0.3) is 0 Å². The van der Waals surface area contributed by atoms with Crippen LogP contribution < -0.4 is 5.32 Å².